The highest BCUT2D eigenvalue weighted by Gasteiger charge is 2.31. The van der Waals surface area contributed by atoms with Crippen molar-refractivity contribution in [1.82, 2.24) is 10.3 Å². The van der Waals surface area contributed by atoms with Gasteiger partial charge in [0.05, 0.1) is 29.2 Å². The first-order chi connectivity index (χ1) is 10.2. The van der Waals surface area contributed by atoms with Gasteiger partial charge in [-0.15, -0.1) is 11.3 Å². The molecule has 0 spiro atoms. The summed E-state index contributed by atoms with van der Waals surface area (Å²) < 4.78 is 0. The van der Waals surface area contributed by atoms with E-state index in [9.17, 15) is 10.5 Å². The van der Waals surface area contributed by atoms with Gasteiger partial charge in [0, 0.05) is 23.0 Å². The maximum Gasteiger partial charge on any atom is 0.123 e. The van der Waals surface area contributed by atoms with Gasteiger partial charge in [-0.2, -0.15) is 10.5 Å². The molecule has 1 aliphatic rings. The Kier molecular flexibility index (Phi) is 3.21. The van der Waals surface area contributed by atoms with Crippen LogP contribution in [0.4, 0.5) is 0 Å². The zero-order valence-electron chi connectivity index (χ0n) is 11.6. The van der Waals surface area contributed by atoms with Crippen molar-refractivity contribution in [2.75, 3.05) is 0 Å². The fourth-order valence-electron chi connectivity index (χ4n) is 2.71. The van der Waals surface area contributed by atoms with Crippen LogP contribution in [-0.4, -0.2) is 4.98 Å². The van der Waals surface area contributed by atoms with Crippen molar-refractivity contribution < 1.29 is 0 Å². The summed E-state index contributed by atoms with van der Waals surface area (Å²) in [5, 5.41) is 25.2. The molecule has 0 amide bonds. The largest absolute Gasteiger partial charge is 0.361 e. The zero-order chi connectivity index (χ0) is 15.0. The molecule has 3 heterocycles. The minimum absolute atomic E-state index is 0.306. The van der Waals surface area contributed by atoms with Gasteiger partial charge in [0.1, 0.15) is 4.83 Å². The summed E-state index contributed by atoms with van der Waals surface area (Å²) in [5.74, 6) is -0.306. The SMILES string of the molecule is CC1=C(C#N)C(c2csc3ncccc23)C(C#N)=C(C)N1. The second-order valence-corrected chi connectivity index (χ2v) is 5.76. The molecule has 0 bridgehead atoms. The van der Waals surface area contributed by atoms with E-state index in [1.165, 1.54) is 11.3 Å². The van der Waals surface area contributed by atoms with Crippen molar-refractivity contribution in [3.63, 3.8) is 0 Å². The van der Waals surface area contributed by atoms with Crippen LogP contribution in [0.3, 0.4) is 0 Å². The number of rotatable bonds is 1. The predicted molar refractivity (Wildman–Crippen MR) is 82.1 cm³/mol. The lowest BCUT2D eigenvalue weighted by molar-refractivity contribution is 0.819. The molecule has 3 rings (SSSR count). The molecule has 0 aliphatic carbocycles. The van der Waals surface area contributed by atoms with E-state index in [1.54, 1.807) is 6.20 Å². The highest BCUT2D eigenvalue weighted by atomic mass is 32.1. The quantitative estimate of drug-likeness (QED) is 0.872. The number of nitriles is 2. The molecule has 2 aromatic heterocycles. The lowest BCUT2D eigenvalue weighted by Crippen LogP contribution is -2.23. The first kappa shape index (κ1) is 13.4. The summed E-state index contributed by atoms with van der Waals surface area (Å²) in [6.45, 7) is 3.74. The second-order valence-electron chi connectivity index (χ2n) is 4.91. The molecule has 2 aromatic rings. The van der Waals surface area contributed by atoms with Crippen LogP contribution < -0.4 is 5.32 Å². The fraction of sp³-hybridized carbons (Fsp3) is 0.188. The van der Waals surface area contributed by atoms with Crippen molar-refractivity contribution in [3.05, 3.63) is 51.8 Å². The van der Waals surface area contributed by atoms with Gasteiger partial charge in [-0.3, -0.25) is 0 Å². The Morgan fingerprint density at radius 2 is 1.86 bits per heavy atom. The van der Waals surface area contributed by atoms with E-state index in [2.05, 4.69) is 22.4 Å². The molecule has 21 heavy (non-hydrogen) atoms. The summed E-state index contributed by atoms with van der Waals surface area (Å²) in [5.41, 5.74) is 3.79. The summed E-state index contributed by atoms with van der Waals surface area (Å²) in [6, 6.07) is 8.39. The number of fused-ring (bicyclic) bond motifs is 1. The normalized spacial score (nSPS) is 15.8. The van der Waals surface area contributed by atoms with Gasteiger partial charge in [-0.05, 0) is 30.9 Å². The van der Waals surface area contributed by atoms with E-state index >= 15 is 0 Å². The average molecular weight is 292 g/mol. The third kappa shape index (κ3) is 1.99. The number of pyridine rings is 1. The monoisotopic (exact) mass is 292 g/mol. The smallest absolute Gasteiger partial charge is 0.123 e. The first-order valence-corrected chi connectivity index (χ1v) is 7.36. The van der Waals surface area contributed by atoms with E-state index < -0.39 is 0 Å². The lowest BCUT2D eigenvalue weighted by Gasteiger charge is -2.25. The molecule has 0 aromatic carbocycles. The zero-order valence-corrected chi connectivity index (χ0v) is 12.5. The number of hydrogen-bond donors (Lipinski definition) is 1. The molecule has 1 N–H and O–H groups in total. The van der Waals surface area contributed by atoms with Crippen molar-refractivity contribution in [1.29, 1.82) is 10.5 Å². The summed E-state index contributed by atoms with van der Waals surface area (Å²) in [4.78, 5) is 5.27. The average Bonchev–Trinajstić information content (AvgIpc) is 2.90. The van der Waals surface area contributed by atoms with Crippen LogP contribution in [0.5, 0.6) is 0 Å². The predicted octanol–water partition coefficient (Wildman–Crippen LogP) is 3.58. The molecule has 0 saturated heterocycles. The van der Waals surface area contributed by atoms with Crippen LogP contribution in [0.25, 0.3) is 10.2 Å². The van der Waals surface area contributed by atoms with E-state index in [1.807, 2.05) is 31.4 Å². The van der Waals surface area contributed by atoms with Gasteiger partial charge < -0.3 is 5.32 Å². The van der Waals surface area contributed by atoms with Gasteiger partial charge in [-0.1, -0.05) is 6.07 Å². The summed E-state index contributed by atoms with van der Waals surface area (Å²) in [6.07, 6.45) is 1.75. The topological polar surface area (TPSA) is 72.5 Å². The van der Waals surface area contributed by atoms with E-state index in [0.29, 0.717) is 11.1 Å². The minimum Gasteiger partial charge on any atom is -0.361 e. The van der Waals surface area contributed by atoms with Crippen molar-refractivity contribution in [2.24, 2.45) is 0 Å². The molecule has 0 atom stereocenters. The molecule has 102 valence electrons. The minimum atomic E-state index is -0.306. The molecule has 4 nitrogen and oxygen atoms in total. The number of allylic oxidation sites excluding steroid dienone is 4. The van der Waals surface area contributed by atoms with Crippen LogP contribution in [0.15, 0.2) is 46.2 Å². The third-order valence-electron chi connectivity index (χ3n) is 3.69. The number of aromatic nitrogens is 1. The standard InChI is InChI=1S/C16H12N4S/c1-9-12(6-17)15(13(7-18)10(2)20-9)14-8-21-16-11(14)4-3-5-19-16/h3-5,8,15,20H,1-2H3. The van der Waals surface area contributed by atoms with Gasteiger partial charge in [0.25, 0.3) is 0 Å². The number of hydrogen-bond acceptors (Lipinski definition) is 5. The molecule has 0 radical (unpaired) electrons. The van der Waals surface area contributed by atoms with Crippen molar-refractivity contribution in [3.8, 4) is 12.1 Å². The van der Waals surface area contributed by atoms with E-state index in [4.69, 9.17) is 0 Å². The maximum absolute atomic E-state index is 9.51. The Bertz CT molecular complexity index is 838. The van der Waals surface area contributed by atoms with Crippen LogP contribution >= 0.6 is 11.3 Å². The van der Waals surface area contributed by atoms with E-state index in [0.717, 1.165) is 27.2 Å². The molecule has 0 unspecified atom stereocenters. The summed E-state index contributed by atoms with van der Waals surface area (Å²) in [7, 11) is 0. The highest BCUT2D eigenvalue weighted by Crippen LogP contribution is 2.41. The molecular formula is C16H12N4S. The number of dihydropyridines is 1. The molecule has 1 aliphatic heterocycles. The maximum atomic E-state index is 9.51. The molecule has 5 heteroatoms. The fourth-order valence-corrected chi connectivity index (χ4v) is 3.65. The summed E-state index contributed by atoms with van der Waals surface area (Å²) >= 11 is 1.54. The Morgan fingerprint density at radius 3 is 2.48 bits per heavy atom. The van der Waals surface area contributed by atoms with Crippen molar-refractivity contribution in [2.45, 2.75) is 19.8 Å². The van der Waals surface area contributed by atoms with Gasteiger partial charge in [0.2, 0.25) is 0 Å². The second kappa shape index (κ2) is 5.05. The van der Waals surface area contributed by atoms with Crippen LogP contribution in [0.2, 0.25) is 0 Å². The van der Waals surface area contributed by atoms with E-state index in [-0.39, 0.29) is 5.92 Å². The highest BCUT2D eigenvalue weighted by molar-refractivity contribution is 7.16. The van der Waals surface area contributed by atoms with Crippen LogP contribution in [0, 0.1) is 22.7 Å². The van der Waals surface area contributed by atoms with Crippen LogP contribution in [0.1, 0.15) is 25.3 Å². The first-order valence-electron chi connectivity index (χ1n) is 6.48. The number of nitrogens with zero attached hydrogens (tertiary/aromatic N) is 3. The van der Waals surface area contributed by atoms with Gasteiger partial charge in [0.15, 0.2) is 0 Å². The molecular weight excluding hydrogens is 280 g/mol. The molecule has 0 saturated carbocycles. The van der Waals surface area contributed by atoms with Crippen LogP contribution in [-0.2, 0) is 0 Å². The number of thiophene rings is 1. The Hall–Kier alpha value is -2.63. The van der Waals surface area contributed by atoms with Crippen molar-refractivity contribution >= 4 is 21.6 Å². The Labute approximate surface area is 126 Å². The van der Waals surface area contributed by atoms with Gasteiger partial charge in [-0.25, -0.2) is 4.98 Å². The lowest BCUT2D eigenvalue weighted by atomic mass is 9.82. The number of nitrogens with one attached hydrogen (secondary N) is 1. The Balaban J connectivity index is 2.29. The van der Waals surface area contributed by atoms with Gasteiger partial charge >= 0.3 is 0 Å². The molecule has 0 fully saturated rings. The Morgan fingerprint density at radius 1 is 1.19 bits per heavy atom. The third-order valence-corrected chi connectivity index (χ3v) is 4.61.